The van der Waals surface area contributed by atoms with Crippen LogP contribution in [0.2, 0.25) is 0 Å². The highest BCUT2D eigenvalue weighted by atomic mass is 31.2. The molecule has 0 spiro atoms. The van der Waals surface area contributed by atoms with E-state index in [-0.39, 0.29) is 31.4 Å². The third-order valence-corrected chi connectivity index (χ3v) is 12.7. The number of nitrogens with zero attached hydrogens (tertiary/aromatic N) is 2. The average Bonchev–Trinajstić information content (AvgIpc) is 3.80. The van der Waals surface area contributed by atoms with E-state index in [0.29, 0.717) is 23.4 Å². The second-order valence-electron chi connectivity index (χ2n) is 17.3. The van der Waals surface area contributed by atoms with Crippen molar-refractivity contribution in [3.8, 4) is 23.0 Å². The highest BCUT2D eigenvalue weighted by Gasteiger charge is 2.44. The lowest BCUT2D eigenvalue weighted by Crippen LogP contribution is -2.36. The molecule has 2 aliphatic heterocycles. The van der Waals surface area contributed by atoms with Gasteiger partial charge in [0.15, 0.2) is 23.0 Å². The molecule has 0 bridgehead atoms. The Hall–Kier alpha value is -3.72. The molecule has 2 aliphatic carbocycles. The molecule has 2 heterocycles. The Kier molecular flexibility index (Phi) is 23.1. The van der Waals surface area contributed by atoms with E-state index in [0.717, 1.165) is 73.3 Å². The maximum absolute atomic E-state index is 11.6. The van der Waals surface area contributed by atoms with Gasteiger partial charge < -0.3 is 47.3 Å². The van der Waals surface area contributed by atoms with E-state index in [1.54, 1.807) is 63.1 Å². The molecule has 2 aromatic carbocycles. The number of allylic oxidation sites excluding steroid dienone is 2. The van der Waals surface area contributed by atoms with E-state index in [4.69, 9.17) is 46.5 Å². The summed E-state index contributed by atoms with van der Waals surface area (Å²) in [6.07, 6.45) is 10.3. The Bertz CT molecular complexity index is 1700. The number of likely N-dealkylation sites (tertiary alicyclic amines) is 2. The molecule has 5 unspecified atom stereocenters. The first-order chi connectivity index (χ1) is 30.3. The Balaban J connectivity index is 0.000000242. The molecule has 64 heavy (non-hydrogen) atoms. The molecular weight excluding hydrogens is 866 g/mol. The van der Waals surface area contributed by atoms with E-state index < -0.39 is 22.6 Å². The van der Waals surface area contributed by atoms with Crippen LogP contribution in [0.1, 0.15) is 80.1 Å². The zero-order chi connectivity index (χ0) is 47.5. The van der Waals surface area contributed by atoms with Gasteiger partial charge in [-0.25, -0.2) is 0 Å². The number of carbonyl (C=O) groups excluding carboxylic acids is 2. The number of likely N-dealkylation sites (N-methyl/N-ethyl adjacent to an activating group) is 2. The molecule has 0 aromatic heterocycles. The van der Waals surface area contributed by atoms with Crippen LogP contribution < -0.4 is 18.9 Å². The lowest BCUT2D eigenvalue weighted by atomic mass is 9.75. The van der Waals surface area contributed by atoms with E-state index in [1.807, 2.05) is 48.5 Å². The number of esters is 2. The van der Waals surface area contributed by atoms with Crippen molar-refractivity contribution < 1.29 is 65.9 Å². The number of hydrogen-bond acceptors (Lipinski definition) is 16. The maximum atomic E-state index is 11.6. The molecule has 18 heteroatoms. The van der Waals surface area contributed by atoms with Crippen molar-refractivity contribution in [1.82, 2.24) is 9.80 Å². The minimum Gasteiger partial charge on any atom is -0.493 e. The first kappa shape index (κ1) is 54.6. The van der Waals surface area contributed by atoms with Crippen LogP contribution in [0.15, 0.2) is 72.2 Å². The van der Waals surface area contributed by atoms with Gasteiger partial charge in [-0.15, -0.1) is 0 Å². The van der Waals surface area contributed by atoms with Gasteiger partial charge in [-0.1, -0.05) is 45.0 Å². The molecule has 2 aromatic rings. The van der Waals surface area contributed by atoms with Gasteiger partial charge >= 0.3 is 29.1 Å². The molecule has 0 radical (unpaired) electrons. The summed E-state index contributed by atoms with van der Waals surface area (Å²) in [7, 11) is 6.57. The van der Waals surface area contributed by atoms with Crippen molar-refractivity contribution in [1.29, 1.82) is 0 Å². The zero-order valence-electron chi connectivity index (χ0n) is 39.7. The summed E-state index contributed by atoms with van der Waals surface area (Å²) >= 11 is 0. The van der Waals surface area contributed by atoms with Gasteiger partial charge in [0.1, 0.15) is 11.5 Å². The first-order valence-electron chi connectivity index (χ1n) is 21.4. The minimum absolute atomic E-state index is 0.213. The van der Waals surface area contributed by atoms with Crippen molar-refractivity contribution in [2.75, 3.05) is 69.2 Å². The van der Waals surface area contributed by atoms with Gasteiger partial charge in [0.25, 0.3) is 0 Å². The van der Waals surface area contributed by atoms with Gasteiger partial charge in [0.05, 0.1) is 39.8 Å². The average molecular weight is 939 g/mol. The molecule has 6 atom stereocenters. The monoisotopic (exact) mass is 938 g/mol. The predicted molar refractivity (Wildman–Crippen MR) is 246 cm³/mol. The van der Waals surface area contributed by atoms with Gasteiger partial charge in [-0.3, -0.25) is 28.4 Å². The SMILES string of the molecule is CC(C)C(=O)OCOP(O)OC1=CC2C(CC1)CCN2C.CN1CC[C@]2(C)CCC(OP(O)OCOC(=O)C(C)(C)C)=CC12.COc1ccccc1OC.COc1ccccc1OC. The molecule has 0 amide bonds. The third kappa shape index (κ3) is 17.6. The van der Waals surface area contributed by atoms with Crippen molar-refractivity contribution >= 4 is 29.1 Å². The van der Waals surface area contributed by atoms with Crippen LogP contribution in [0.3, 0.4) is 0 Å². The molecule has 2 fully saturated rings. The van der Waals surface area contributed by atoms with Crippen LogP contribution in [0, 0.1) is 22.7 Å². The van der Waals surface area contributed by atoms with Gasteiger partial charge in [-0.05, 0) is 121 Å². The summed E-state index contributed by atoms with van der Waals surface area (Å²) in [4.78, 5) is 47.1. The highest BCUT2D eigenvalue weighted by Crippen LogP contribution is 2.48. The summed E-state index contributed by atoms with van der Waals surface area (Å²) in [5, 5.41) is 0. The van der Waals surface area contributed by atoms with Crippen molar-refractivity contribution in [2.45, 2.75) is 92.2 Å². The number of fused-ring (bicyclic) bond motifs is 2. The van der Waals surface area contributed by atoms with E-state index in [9.17, 15) is 19.4 Å². The van der Waals surface area contributed by atoms with E-state index in [1.165, 1.54) is 12.8 Å². The number of para-hydroxylation sites is 4. The number of benzene rings is 2. The van der Waals surface area contributed by atoms with Crippen molar-refractivity contribution in [3.05, 3.63) is 72.2 Å². The summed E-state index contributed by atoms with van der Waals surface area (Å²) in [5.74, 6) is 4.36. The van der Waals surface area contributed by atoms with E-state index in [2.05, 4.69) is 43.0 Å². The fourth-order valence-corrected chi connectivity index (χ4v) is 8.46. The predicted octanol–water partition coefficient (Wildman–Crippen LogP) is 8.97. The van der Waals surface area contributed by atoms with Crippen LogP contribution in [-0.4, -0.2) is 113 Å². The van der Waals surface area contributed by atoms with Gasteiger partial charge in [0.2, 0.25) is 13.6 Å². The fraction of sp³-hybridized carbons (Fsp3) is 0.609. The Morgan fingerprint density at radius 1 is 0.719 bits per heavy atom. The van der Waals surface area contributed by atoms with Crippen molar-refractivity contribution in [3.63, 3.8) is 0 Å². The van der Waals surface area contributed by atoms with Gasteiger partial charge in [-0.2, -0.15) is 0 Å². The molecule has 0 saturated carbocycles. The molecule has 2 saturated heterocycles. The molecule has 6 rings (SSSR count). The number of hydrogen-bond donors (Lipinski definition) is 2. The third-order valence-electron chi connectivity index (χ3n) is 11.2. The van der Waals surface area contributed by atoms with Gasteiger partial charge in [0, 0.05) is 24.9 Å². The molecule has 2 N–H and O–H groups in total. The topological polar surface area (TPSA) is 173 Å². The number of rotatable bonds is 15. The fourth-order valence-electron chi connectivity index (χ4n) is 7.37. The lowest BCUT2D eigenvalue weighted by Gasteiger charge is -2.36. The number of methoxy groups -OCH3 is 4. The standard InChI is InChI=1S/C16H28NO5P.C14H24NO5P.2C8H10O2/c1-15(2,3)14(18)20-11-21-23(19)22-12-6-7-16(4)8-9-17(5)13(16)10-12;1-10(2)14(16)18-9-19-21(17)20-12-5-4-11-6-7-15(3)13(11)8-12;2*1-9-7-5-3-4-6-8(7)10-2/h10,13,19H,6-9,11H2,1-5H3;8,10-11,13,17H,4-7,9H2,1-3H3;2*3-6H,1-2H3/t13?,16-,23?;;;/m0.../s1. The normalized spacial score (nSPS) is 22.4. The Morgan fingerprint density at radius 3 is 1.67 bits per heavy atom. The highest BCUT2D eigenvalue weighted by molar-refractivity contribution is 7.40. The van der Waals surface area contributed by atoms with Crippen LogP contribution in [0.4, 0.5) is 0 Å². The summed E-state index contributed by atoms with van der Waals surface area (Å²) < 4.78 is 50.8. The number of carbonyl (C=O) groups is 2. The second-order valence-corrected chi connectivity index (χ2v) is 19.1. The Morgan fingerprint density at radius 2 is 1.20 bits per heavy atom. The summed E-state index contributed by atoms with van der Waals surface area (Å²) in [5.41, 5.74) is -0.297. The Labute approximate surface area is 383 Å². The van der Waals surface area contributed by atoms with Crippen molar-refractivity contribution in [2.24, 2.45) is 22.7 Å². The molecule has 360 valence electrons. The first-order valence-corrected chi connectivity index (χ1v) is 23.7. The number of ether oxygens (including phenoxy) is 6. The summed E-state index contributed by atoms with van der Waals surface area (Å²) in [6, 6.07) is 15.8. The quantitative estimate of drug-likeness (QED) is 0.0983. The van der Waals surface area contributed by atoms with Crippen LogP contribution in [0.25, 0.3) is 0 Å². The van der Waals surface area contributed by atoms with Crippen LogP contribution >= 0.6 is 17.2 Å². The minimum atomic E-state index is -2.08. The molecule has 4 aliphatic rings. The smallest absolute Gasteiger partial charge is 0.397 e. The molecular formula is C46H72N2O14P2. The second kappa shape index (κ2) is 27.0. The summed E-state index contributed by atoms with van der Waals surface area (Å²) in [6.45, 7) is 12.7. The van der Waals surface area contributed by atoms with Crippen LogP contribution in [0.5, 0.6) is 23.0 Å². The lowest BCUT2D eigenvalue weighted by molar-refractivity contribution is -0.160. The molecule has 16 nitrogen and oxygen atoms in total. The zero-order valence-corrected chi connectivity index (χ0v) is 41.5. The maximum Gasteiger partial charge on any atom is 0.397 e. The van der Waals surface area contributed by atoms with Crippen LogP contribution in [-0.2, 0) is 37.2 Å². The largest absolute Gasteiger partial charge is 0.493 e. The van der Waals surface area contributed by atoms with E-state index >= 15 is 0 Å².